The van der Waals surface area contributed by atoms with Gasteiger partial charge in [0.25, 0.3) is 0 Å². The highest BCUT2D eigenvalue weighted by Crippen LogP contribution is 2.30. The molecule has 3 rings (SSSR count). The van der Waals surface area contributed by atoms with Gasteiger partial charge in [-0.2, -0.15) is 0 Å². The number of rotatable bonds is 6. The van der Waals surface area contributed by atoms with Gasteiger partial charge in [0.1, 0.15) is 11.4 Å². The van der Waals surface area contributed by atoms with Crippen LogP contribution in [0.2, 0.25) is 5.02 Å². The van der Waals surface area contributed by atoms with Crippen LogP contribution in [0.4, 0.5) is 20.6 Å². The smallest absolute Gasteiger partial charge is 0.412 e. The normalized spacial score (nSPS) is 11.1. The van der Waals surface area contributed by atoms with Crippen molar-refractivity contribution in [1.29, 1.82) is 0 Å². The molecule has 0 saturated carbocycles. The van der Waals surface area contributed by atoms with Crippen molar-refractivity contribution in [3.63, 3.8) is 0 Å². The average molecular weight is 489 g/mol. The van der Waals surface area contributed by atoms with Gasteiger partial charge in [0, 0.05) is 0 Å². The summed E-state index contributed by atoms with van der Waals surface area (Å²) in [5.74, 6) is -1.36. The Morgan fingerprint density at radius 1 is 0.970 bits per heavy atom. The molecule has 0 bridgehead atoms. The quantitative estimate of drug-likeness (QED) is 0.296. The van der Waals surface area contributed by atoms with Crippen LogP contribution in [0.15, 0.2) is 53.9 Å². The number of nitrogens with one attached hydrogen (secondary N) is 2. The molecule has 0 spiro atoms. The summed E-state index contributed by atoms with van der Waals surface area (Å²) in [5, 5.41) is 7.24. The molecule has 0 saturated heterocycles. The molecule has 0 aliphatic rings. The van der Waals surface area contributed by atoms with Crippen LogP contribution < -0.4 is 10.6 Å². The summed E-state index contributed by atoms with van der Waals surface area (Å²) in [6, 6.07) is 12.4. The standard InChI is InChI=1S/C24H22ClFN2O4S/c1-24(2,3)32-23(31)28-18-9-6-15(14-4-7-16(26)8-5-14)12-19(18)27-21(30)13-20(29)22-17(25)10-11-33-22/h4-12H,13H2,1-3H3,(H,27,30)(H,28,31). The zero-order chi connectivity index (χ0) is 24.2. The fourth-order valence-corrected chi connectivity index (χ4v) is 4.01. The molecule has 0 atom stereocenters. The number of amides is 2. The highest BCUT2D eigenvalue weighted by molar-refractivity contribution is 7.12. The van der Waals surface area contributed by atoms with E-state index in [0.29, 0.717) is 21.0 Å². The number of Topliss-reactive ketones (excluding diaryl/α,β-unsaturated/α-hetero) is 1. The van der Waals surface area contributed by atoms with Crippen molar-refractivity contribution in [2.24, 2.45) is 0 Å². The number of halogens is 2. The van der Waals surface area contributed by atoms with Gasteiger partial charge in [-0.05, 0) is 67.6 Å². The predicted molar refractivity (Wildman–Crippen MR) is 129 cm³/mol. The van der Waals surface area contributed by atoms with Crippen molar-refractivity contribution in [3.05, 3.63) is 69.6 Å². The van der Waals surface area contributed by atoms with Crippen LogP contribution in [0.5, 0.6) is 0 Å². The first-order chi connectivity index (χ1) is 15.5. The second kappa shape index (κ2) is 10.1. The summed E-state index contributed by atoms with van der Waals surface area (Å²) in [4.78, 5) is 37.6. The maximum Gasteiger partial charge on any atom is 0.412 e. The summed E-state index contributed by atoms with van der Waals surface area (Å²) < 4.78 is 18.6. The third-order valence-corrected chi connectivity index (χ3v) is 5.68. The summed E-state index contributed by atoms with van der Waals surface area (Å²) >= 11 is 7.14. The van der Waals surface area contributed by atoms with Crippen LogP contribution in [-0.2, 0) is 9.53 Å². The number of hydrogen-bond acceptors (Lipinski definition) is 5. The highest BCUT2D eigenvalue weighted by Gasteiger charge is 2.20. The largest absolute Gasteiger partial charge is 0.444 e. The summed E-state index contributed by atoms with van der Waals surface area (Å²) in [5.41, 5.74) is 1.21. The Morgan fingerprint density at radius 2 is 1.64 bits per heavy atom. The maximum absolute atomic E-state index is 13.3. The van der Waals surface area contributed by atoms with Gasteiger partial charge in [-0.25, -0.2) is 9.18 Å². The van der Waals surface area contributed by atoms with E-state index in [0.717, 1.165) is 11.3 Å². The number of carbonyl (C=O) groups is 3. The highest BCUT2D eigenvalue weighted by atomic mass is 35.5. The molecule has 2 amide bonds. The third kappa shape index (κ3) is 6.87. The van der Waals surface area contributed by atoms with Crippen molar-refractivity contribution in [2.45, 2.75) is 32.8 Å². The van der Waals surface area contributed by atoms with Crippen molar-refractivity contribution in [1.82, 2.24) is 0 Å². The van der Waals surface area contributed by atoms with E-state index in [2.05, 4.69) is 10.6 Å². The number of hydrogen-bond donors (Lipinski definition) is 2. The molecule has 3 aromatic rings. The Morgan fingerprint density at radius 3 is 2.24 bits per heavy atom. The summed E-state index contributed by atoms with van der Waals surface area (Å²) in [6.45, 7) is 5.19. The topological polar surface area (TPSA) is 84.5 Å². The van der Waals surface area contributed by atoms with Gasteiger partial charge in [-0.3, -0.25) is 14.9 Å². The lowest BCUT2D eigenvalue weighted by atomic mass is 10.0. The average Bonchev–Trinajstić information content (AvgIpc) is 3.14. The first-order valence-electron chi connectivity index (χ1n) is 9.98. The molecule has 2 aromatic carbocycles. The Kier molecular flexibility index (Phi) is 7.50. The van der Waals surface area contributed by atoms with Crippen molar-refractivity contribution >= 4 is 52.1 Å². The molecular weight excluding hydrogens is 467 g/mol. The molecule has 0 unspecified atom stereocenters. The molecule has 2 N–H and O–H groups in total. The molecule has 33 heavy (non-hydrogen) atoms. The SMILES string of the molecule is CC(C)(C)OC(=O)Nc1ccc(-c2ccc(F)cc2)cc1NC(=O)CC(=O)c1sccc1Cl. The number of thiophene rings is 1. The molecule has 9 heteroatoms. The van der Waals surface area contributed by atoms with E-state index in [9.17, 15) is 18.8 Å². The fraction of sp³-hybridized carbons (Fsp3) is 0.208. The molecule has 6 nitrogen and oxygen atoms in total. The van der Waals surface area contributed by atoms with Crippen LogP contribution in [0.1, 0.15) is 36.9 Å². The monoisotopic (exact) mass is 488 g/mol. The maximum atomic E-state index is 13.3. The lowest BCUT2D eigenvalue weighted by Gasteiger charge is -2.21. The lowest BCUT2D eigenvalue weighted by molar-refractivity contribution is -0.115. The van der Waals surface area contributed by atoms with E-state index in [1.807, 2.05) is 0 Å². The minimum atomic E-state index is -0.714. The zero-order valence-corrected chi connectivity index (χ0v) is 19.8. The van der Waals surface area contributed by atoms with E-state index in [-0.39, 0.29) is 17.2 Å². The number of ketones is 1. The van der Waals surface area contributed by atoms with Crippen molar-refractivity contribution in [3.8, 4) is 11.1 Å². The minimum Gasteiger partial charge on any atom is -0.444 e. The predicted octanol–water partition coefficient (Wildman–Crippen LogP) is 6.77. The van der Waals surface area contributed by atoms with Crippen molar-refractivity contribution in [2.75, 3.05) is 10.6 Å². The number of ether oxygens (including phenoxy) is 1. The van der Waals surface area contributed by atoms with Crippen molar-refractivity contribution < 1.29 is 23.5 Å². The molecule has 0 aliphatic heterocycles. The van der Waals surface area contributed by atoms with Crippen LogP contribution in [0, 0.1) is 5.82 Å². The second-order valence-electron chi connectivity index (χ2n) is 8.14. The van der Waals surface area contributed by atoms with E-state index in [4.69, 9.17) is 16.3 Å². The molecule has 1 heterocycles. The minimum absolute atomic E-state index is 0.262. The zero-order valence-electron chi connectivity index (χ0n) is 18.2. The summed E-state index contributed by atoms with van der Waals surface area (Å²) in [6.07, 6.45) is -1.12. The van der Waals surface area contributed by atoms with Gasteiger partial charge in [-0.15, -0.1) is 11.3 Å². The number of benzene rings is 2. The van der Waals surface area contributed by atoms with Crippen LogP contribution in [-0.4, -0.2) is 23.4 Å². The van der Waals surface area contributed by atoms with E-state index >= 15 is 0 Å². The number of carbonyl (C=O) groups excluding carboxylic acids is 3. The van der Waals surface area contributed by atoms with Gasteiger partial charge in [0.2, 0.25) is 5.91 Å². The molecular formula is C24H22ClFN2O4S. The molecule has 0 radical (unpaired) electrons. The van der Waals surface area contributed by atoms with Crippen LogP contribution in [0.3, 0.4) is 0 Å². The Labute approximate surface area is 199 Å². The van der Waals surface area contributed by atoms with E-state index < -0.39 is 29.8 Å². The van der Waals surface area contributed by atoms with Gasteiger partial charge < -0.3 is 10.1 Å². The molecule has 1 aromatic heterocycles. The van der Waals surface area contributed by atoms with Crippen LogP contribution >= 0.6 is 22.9 Å². The van der Waals surface area contributed by atoms with E-state index in [1.54, 1.807) is 62.5 Å². The Balaban J connectivity index is 1.86. The summed E-state index contributed by atoms with van der Waals surface area (Å²) in [7, 11) is 0. The number of anilines is 2. The first-order valence-corrected chi connectivity index (χ1v) is 11.2. The van der Waals surface area contributed by atoms with Crippen LogP contribution in [0.25, 0.3) is 11.1 Å². The molecule has 0 aliphatic carbocycles. The second-order valence-corrected chi connectivity index (χ2v) is 9.46. The Hall–Kier alpha value is -3.23. The molecule has 172 valence electrons. The lowest BCUT2D eigenvalue weighted by Crippen LogP contribution is -2.27. The van der Waals surface area contributed by atoms with Gasteiger partial charge in [0.15, 0.2) is 5.78 Å². The van der Waals surface area contributed by atoms with E-state index in [1.165, 1.54) is 12.1 Å². The molecule has 0 fully saturated rings. The van der Waals surface area contributed by atoms with Gasteiger partial charge in [-0.1, -0.05) is 29.8 Å². The Bertz CT molecular complexity index is 1190. The fourth-order valence-electron chi connectivity index (χ4n) is 2.91. The van der Waals surface area contributed by atoms with Gasteiger partial charge >= 0.3 is 6.09 Å². The van der Waals surface area contributed by atoms with Gasteiger partial charge in [0.05, 0.1) is 27.7 Å². The first kappa shape index (κ1) is 24.4. The third-order valence-electron chi connectivity index (χ3n) is 4.30.